The summed E-state index contributed by atoms with van der Waals surface area (Å²) in [5, 5.41) is 13.0. The van der Waals surface area contributed by atoms with Gasteiger partial charge in [0.25, 0.3) is 0 Å². The predicted octanol–water partition coefficient (Wildman–Crippen LogP) is 0.193. The van der Waals surface area contributed by atoms with Gasteiger partial charge in [0.15, 0.2) is 0 Å². The van der Waals surface area contributed by atoms with E-state index in [0.717, 1.165) is 19.1 Å². The average Bonchev–Trinajstić information content (AvgIpc) is 2.72. The molecule has 0 aromatic heterocycles. The Morgan fingerprint density at radius 3 is 2.46 bits per heavy atom. The molecular weight excluding hydrogens is 164 g/mol. The molecule has 1 aliphatic heterocycles. The Morgan fingerprint density at radius 2 is 1.92 bits per heavy atom. The molecule has 0 aromatic rings. The van der Waals surface area contributed by atoms with Gasteiger partial charge in [-0.2, -0.15) is 0 Å². The van der Waals surface area contributed by atoms with Crippen molar-refractivity contribution >= 4 is 0 Å². The van der Waals surface area contributed by atoms with Gasteiger partial charge < -0.3 is 10.4 Å². The Bertz CT molecular complexity index is 168. The second kappa shape index (κ2) is 3.95. The van der Waals surface area contributed by atoms with Gasteiger partial charge in [0, 0.05) is 25.2 Å². The summed E-state index contributed by atoms with van der Waals surface area (Å²) in [7, 11) is 2.16. The van der Waals surface area contributed by atoms with Crippen LogP contribution < -0.4 is 5.32 Å². The lowest BCUT2D eigenvalue weighted by atomic mass is 10.1. The van der Waals surface area contributed by atoms with Crippen molar-refractivity contribution in [2.24, 2.45) is 0 Å². The van der Waals surface area contributed by atoms with Crippen LogP contribution in [-0.2, 0) is 0 Å². The SMILES string of the molecule is CN(C1CCCC1)[C@@H]1CNC[C@H]1O. The summed E-state index contributed by atoms with van der Waals surface area (Å²) >= 11 is 0. The summed E-state index contributed by atoms with van der Waals surface area (Å²) in [6.45, 7) is 1.72. The van der Waals surface area contributed by atoms with Crippen LogP contribution in [0.1, 0.15) is 25.7 Å². The van der Waals surface area contributed by atoms with Crippen LogP contribution in [0.15, 0.2) is 0 Å². The minimum absolute atomic E-state index is 0.161. The van der Waals surface area contributed by atoms with Gasteiger partial charge in [0.1, 0.15) is 0 Å². The van der Waals surface area contributed by atoms with E-state index in [-0.39, 0.29) is 6.10 Å². The molecule has 1 heterocycles. The third kappa shape index (κ3) is 1.87. The molecule has 2 atom stereocenters. The molecule has 1 aliphatic carbocycles. The fourth-order valence-corrected chi connectivity index (χ4v) is 2.65. The lowest BCUT2D eigenvalue weighted by Gasteiger charge is -2.31. The van der Waals surface area contributed by atoms with Gasteiger partial charge in [-0.25, -0.2) is 0 Å². The molecule has 1 saturated heterocycles. The van der Waals surface area contributed by atoms with Crippen molar-refractivity contribution in [3.63, 3.8) is 0 Å². The zero-order valence-electron chi connectivity index (χ0n) is 8.37. The number of hydrogen-bond donors (Lipinski definition) is 2. The molecule has 2 N–H and O–H groups in total. The van der Waals surface area contributed by atoms with Gasteiger partial charge in [0.2, 0.25) is 0 Å². The number of nitrogens with zero attached hydrogens (tertiary/aromatic N) is 1. The predicted molar refractivity (Wildman–Crippen MR) is 52.7 cm³/mol. The summed E-state index contributed by atoms with van der Waals surface area (Å²) < 4.78 is 0. The fourth-order valence-electron chi connectivity index (χ4n) is 2.65. The van der Waals surface area contributed by atoms with Crippen molar-refractivity contribution in [3.8, 4) is 0 Å². The van der Waals surface area contributed by atoms with Crippen molar-refractivity contribution < 1.29 is 5.11 Å². The highest BCUT2D eigenvalue weighted by molar-refractivity contribution is 4.91. The molecule has 13 heavy (non-hydrogen) atoms. The summed E-state index contributed by atoms with van der Waals surface area (Å²) in [4.78, 5) is 2.39. The lowest BCUT2D eigenvalue weighted by Crippen LogP contribution is -2.45. The highest BCUT2D eigenvalue weighted by Gasteiger charge is 2.32. The maximum absolute atomic E-state index is 9.72. The second-order valence-electron chi connectivity index (χ2n) is 4.40. The molecule has 2 rings (SSSR count). The summed E-state index contributed by atoms with van der Waals surface area (Å²) in [6.07, 6.45) is 5.21. The first-order chi connectivity index (χ1) is 6.29. The smallest absolute Gasteiger partial charge is 0.0831 e. The fraction of sp³-hybridized carbons (Fsp3) is 1.00. The van der Waals surface area contributed by atoms with E-state index in [2.05, 4.69) is 17.3 Å². The molecule has 3 nitrogen and oxygen atoms in total. The first kappa shape index (κ1) is 9.44. The van der Waals surface area contributed by atoms with E-state index in [4.69, 9.17) is 0 Å². The summed E-state index contributed by atoms with van der Waals surface area (Å²) in [6, 6.07) is 1.07. The molecule has 0 aromatic carbocycles. The Labute approximate surface area is 80.1 Å². The minimum atomic E-state index is -0.161. The summed E-state index contributed by atoms with van der Waals surface area (Å²) in [5.41, 5.74) is 0. The largest absolute Gasteiger partial charge is 0.390 e. The zero-order chi connectivity index (χ0) is 9.26. The van der Waals surface area contributed by atoms with Crippen LogP contribution in [0.2, 0.25) is 0 Å². The first-order valence-electron chi connectivity index (χ1n) is 5.40. The van der Waals surface area contributed by atoms with Crippen LogP contribution in [0, 0.1) is 0 Å². The number of aliphatic hydroxyl groups is 1. The Morgan fingerprint density at radius 1 is 1.23 bits per heavy atom. The Balaban J connectivity index is 1.91. The van der Waals surface area contributed by atoms with Crippen molar-refractivity contribution in [2.45, 2.75) is 43.9 Å². The second-order valence-corrected chi connectivity index (χ2v) is 4.40. The van der Waals surface area contributed by atoms with Crippen LogP contribution in [0.3, 0.4) is 0 Å². The van der Waals surface area contributed by atoms with E-state index in [1.807, 2.05) is 0 Å². The average molecular weight is 184 g/mol. The molecule has 3 heteroatoms. The van der Waals surface area contributed by atoms with Crippen LogP contribution in [0.5, 0.6) is 0 Å². The van der Waals surface area contributed by atoms with Crippen LogP contribution >= 0.6 is 0 Å². The van der Waals surface area contributed by atoms with Gasteiger partial charge in [-0.15, -0.1) is 0 Å². The number of hydrogen-bond acceptors (Lipinski definition) is 3. The molecule has 2 fully saturated rings. The van der Waals surface area contributed by atoms with Gasteiger partial charge in [0.05, 0.1) is 6.10 Å². The number of nitrogens with one attached hydrogen (secondary N) is 1. The number of rotatable bonds is 2. The molecule has 0 spiro atoms. The molecule has 0 amide bonds. The number of aliphatic hydroxyl groups excluding tert-OH is 1. The Hall–Kier alpha value is -0.120. The van der Waals surface area contributed by atoms with Crippen molar-refractivity contribution in [1.29, 1.82) is 0 Å². The molecule has 2 aliphatic rings. The number of likely N-dealkylation sites (N-methyl/N-ethyl adjacent to an activating group) is 1. The molecule has 1 saturated carbocycles. The molecular formula is C10H20N2O. The van der Waals surface area contributed by atoms with E-state index >= 15 is 0 Å². The third-order valence-corrected chi connectivity index (χ3v) is 3.57. The van der Waals surface area contributed by atoms with E-state index < -0.39 is 0 Å². The van der Waals surface area contributed by atoms with E-state index in [9.17, 15) is 5.11 Å². The highest BCUT2D eigenvalue weighted by atomic mass is 16.3. The maximum atomic E-state index is 9.72. The monoisotopic (exact) mass is 184 g/mol. The van der Waals surface area contributed by atoms with Gasteiger partial charge in [-0.05, 0) is 19.9 Å². The van der Waals surface area contributed by atoms with E-state index in [1.165, 1.54) is 25.7 Å². The van der Waals surface area contributed by atoms with E-state index in [1.54, 1.807) is 0 Å². The van der Waals surface area contributed by atoms with Gasteiger partial charge >= 0.3 is 0 Å². The standard InChI is InChI=1S/C10H20N2O/c1-12(8-4-2-3-5-8)9-6-11-7-10(9)13/h8-11,13H,2-7H2,1H3/t9-,10-/m1/s1. The van der Waals surface area contributed by atoms with E-state index in [0.29, 0.717) is 6.04 Å². The van der Waals surface area contributed by atoms with Crippen LogP contribution in [0.4, 0.5) is 0 Å². The quantitative estimate of drug-likeness (QED) is 0.643. The minimum Gasteiger partial charge on any atom is -0.390 e. The van der Waals surface area contributed by atoms with Crippen molar-refractivity contribution in [1.82, 2.24) is 10.2 Å². The molecule has 76 valence electrons. The maximum Gasteiger partial charge on any atom is 0.0831 e. The van der Waals surface area contributed by atoms with Gasteiger partial charge in [-0.1, -0.05) is 12.8 Å². The Kier molecular flexibility index (Phi) is 2.86. The van der Waals surface area contributed by atoms with Crippen LogP contribution in [-0.4, -0.2) is 48.3 Å². The van der Waals surface area contributed by atoms with Crippen molar-refractivity contribution in [3.05, 3.63) is 0 Å². The normalized spacial score (nSPS) is 36.2. The highest BCUT2D eigenvalue weighted by Crippen LogP contribution is 2.25. The number of β-amino-alcohol motifs (C(OH)–C–C–N with tert-alkyl or cyclic N) is 1. The third-order valence-electron chi connectivity index (χ3n) is 3.57. The summed E-state index contributed by atoms with van der Waals surface area (Å²) in [5.74, 6) is 0. The van der Waals surface area contributed by atoms with Gasteiger partial charge in [-0.3, -0.25) is 4.90 Å². The lowest BCUT2D eigenvalue weighted by molar-refractivity contribution is 0.0746. The topological polar surface area (TPSA) is 35.5 Å². The van der Waals surface area contributed by atoms with Crippen LogP contribution in [0.25, 0.3) is 0 Å². The molecule has 0 unspecified atom stereocenters. The zero-order valence-corrected chi connectivity index (χ0v) is 8.37. The molecule has 0 bridgehead atoms. The first-order valence-corrected chi connectivity index (χ1v) is 5.40. The molecule has 0 radical (unpaired) electrons. The van der Waals surface area contributed by atoms with Crippen molar-refractivity contribution in [2.75, 3.05) is 20.1 Å².